The van der Waals surface area contributed by atoms with Crippen LogP contribution in [-0.2, 0) is 14.8 Å². The summed E-state index contributed by atoms with van der Waals surface area (Å²) in [6.07, 6.45) is 0. The minimum atomic E-state index is -3.78. The first-order chi connectivity index (χ1) is 11.9. The lowest BCUT2D eigenvalue weighted by Gasteiger charge is -2.12. The molecule has 0 radical (unpaired) electrons. The molecular weight excluding hydrogens is 360 g/mol. The number of carbonyl (C=O) groups excluding carboxylic acids is 1. The molecule has 1 aliphatic heterocycles. The van der Waals surface area contributed by atoms with Gasteiger partial charge in [0.1, 0.15) is 5.75 Å². The van der Waals surface area contributed by atoms with E-state index in [0.717, 1.165) is 4.90 Å². The van der Waals surface area contributed by atoms with Crippen LogP contribution < -0.4 is 14.8 Å². The Hall–Kier alpha value is -2.19. The predicted molar refractivity (Wildman–Crippen MR) is 98.8 cm³/mol. The fourth-order valence-electron chi connectivity index (χ4n) is 2.35. The lowest BCUT2D eigenvalue weighted by Crippen LogP contribution is -2.20. The normalized spacial score (nSPS) is 17.2. The Morgan fingerprint density at radius 2 is 2.04 bits per heavy atom. The van der Waals surface area contributed by atoms with Gasteiger partial charge in [-0.25, -0.2) is 8.42 Å². The third-order valence-electron chi connectivity index (χ3n) is 3.78. The summed E-state index contributed by atoms with van der Waals surface area (Å²) in [5.74, 6) is 0.973. The van der Waals surface area contributed by atoms with Crippen molar-refractivity contribution >= 4 is 39.1 Å². The summed E-state index contributed by atoms with van der Waals surface area (Å²) >= 11 is 1.53. The average Bonchev–Trinajstić information content (AvgIpc) is 2.73. The minimum Gasteiger partial charge on any atom is -0.497 e. The molecule has 25 heavy (non-hydrogen) atoms. The van der Waals surface area contributed by atoms with E-state index in [-0.39, 0.29) is 16.7 Å². The highest BCUT2D eigenvalue weighted by atomic mass is 32.2. The van der Waals surface area contributed by atoms with Gasteiger partial charge in [0, 0.05) is 22.6 Å². The second-order valence-corrected chi connectivity index (χ2v) is 8.44. The molecule has 2 aromatic rings. The molecule has 0 bridgehead atoms. The van der Waals surface area contributed by atoms with Crippen LogP contribution in [0.15, 0.2) is 52.3 Å². The Labute approximate surface area is 151 Å². The molecule has 2 N–H and O–H groups in total. The Balaban J connectivity index is 1.90. The molecule has 0 spiro atoms. The number of sulfonamides is 1. The van der Waals surface area contributed by atoms with Gasteiger partial charge in [0.05, 0.1) is 23.4 Å². The molecule has 0 aromatic heterocycles. The average molecular weight is 378 g/mol. The number of fused-ring (bicyclic) bond motifs is 1. The zero-order valence-corrected chi connectivity index (χ0v) is 15.4. The third-order valence-corrected chi connectivity index (χ3v) is 6.49. The van der Waals surface area contributed by atoms with E-state index in [9.17, 15) is 13.2 Å². The van der Waals surface area contributed by atoms with Gasteiger partial charge in [0.2, 0.25) is 5.91 Å². The standard InChI is InChI=1S/C17H18N2O4S2/c1-11-10-24-16-7-6-14(9-15(16)18-17(11)20)25(21,22)19-12-4-3-5-13(8-12)23-2/h3-9,11,19H,10H2,1-2H3,(H,18,20). The van der Waals surface area contributed by atoms with E-state index in [1.165, 1.54) is 31.0 Å². The van der Waals surface area contributed by atoms with E-state index < -0.39 is 10.0 Å². The molecular formula is C17H18N2O4S2. The van der Waals surface area contributed by atoms with Gasteiger partial charge in [-0.1, -0.05) is 13.0 Å². The molecule has 2 aromatic carbocycles. The van der Waals surface area contributed by atoms with Gasteiger partial charge in [-0.2, -0.15) is 0 Å². The molecule has 1 heterocycles. The quantitative estimate of drug-likeness (QED) is 0.854. The van der Waals surface area contributed by atoms with Crippen LogP contribution in [0.5, 0.6) is 5.75 Å². The zero-order chi connectivity index (χ0) is 18.0. The molecule has 3 rings (SSSR count). The van der Waals surface area contributed by atoms with Crippen LogP contribution in [0.25, 0.3) is 0 Å². The van der Waals surface area contributed by atoms with Gasteiger partial charge >= 0.3 is 0 Å². The molecule has 132 valence electrons. The molecule has 1 unspecified atom stereocenters. The maximum atomic E-state index is 12.6. The molecule has 0 saturated heterocycles. The highest BCUT2D eigenvalue weighted by molar-refractivity contribution is 7.99. The van der Waals surface area contributed by atoms with Crippen molar-refractivity contribution in [1.82, 2.24) is 0 Å². The van der Waals surface area contributed by atoms with E-state index in [4.69, 9.17) is 4.74 Å². The summed E-state index contributed by atoms with van der Waals surface area (Å²) in [4.78, 5) is 12.9. The summed E-state index contributed by atoms with van der Waals surface area (Å²) in [5, 5.41) is 2.79. The first-order valence-electron chi connectivity index (χ1n) is 7.63. The van der Waals surface area contributed by atoms with E-state index in [1.807, 2.05) is 6.92 Å². The minimum absolute atomic E-state index is 0.0875. The van der Waals surface area contributed by atoms with Gasteiger partial charge in [-0.3, -0.25) is 9.52 Å². The van der Waals surface area contributed by atoms with Crippen LogP contribution in [0.2, 0.25) is 0 Å². The number of rotatable bonds is 4. The number of hydrogen-bond acceptors (Lipinski definition) is 5. The van der Waals surface area contributed by atoms with Crippen molar-refractivity contribution < 1.29 is 17.9 Å². The summed E-state index contributed by atoms with van der Waals surface area (Å²) in [6, 6.07) is 11.4. The van der Waals surface area contributed by atoms with Crippen LogP contribution in [0.4, 0.5) is 11.4 Å². The predicted octanol–water partition coefficient (Wildman–Crippen LogP) is 3.18. The van der Waals surface area contributed by atoms with E-state index in [2.05, 4.69) is 10.0 Å². The van der Waals surface area contributed by atoms with Crippen LogP contribution in [0.1, 0.15) is 6.92 Å². The molecule has 1 atom stereocenters. The van der Waals surface area contributed by atoms with Crippen molar-refractivity contribution in [3.8, 4) is 5.75 Å². The smallest absolute Gasteiger partial charge is 0.261 e. The number of thioether (sulfide) groups is 1. The fourth-order valence-corrected chi connectivity index (χ4v) is 4.43. The van der Waals surface area contributed by atoms with Crippen molar-refractivity contribution in [3.05, 3.63) is 42.5 Å². The number of nitrogens with one attached hydrogen (secondary N) is 2. The maximum absolute atomic E-state index is 12.6. The fraction of sp³-hybridized carbons (Fsp3) is 0.235. The van der Waals surface area contributed by atoms with E-state index in [0.29, 0.717) is 22.9 Å². The van der Waals surface area contributed by atoms with Gasteiger partial charge in [-0.05, 0) is 30.3 Å². The number of hydrogen-bond donors (Lipinski definition) is 2. The number of ether oxygens (including phenoxy) is 1. The summed E-state index contributed by atoms with van der Waals surface area (Å²) in [5.41, 5.74) is 0.925. The summed E-state index contributed by atoms with van der Waals surface area (Å²) in [7, 11) is -2.27. The Kier molecular flexibility index (Phi) is 4.91. The van der Waals surface area contributed by atoms with Crippen molar-refractivity contribution in [2.45, 2.75) is 16.7 Å². The molecule has 8 heteroatoms. The van der Waals surface area contributed by atoms with Crippen LogP contribution >= 0.6 is 11.8 Å². The number of carbonyl (C=O) groups is 1. The number of amides is 1. The largest absolute Gasteiger partial charge is 0.497 e. The zero-order valence-electron chi connectivity index (χ0n) is 13.8. The van der Waals surface area contributed by atoms with Crippen molar-refractivity contribution in [2.24, 2.45) is 5.92 Å². The summed E-state index contributed by atoms with van der Waals surface area (Å²) in [6.45, 7) is 1.84. The molecule has 0 saturated carbocycles. The maximum Gasteiger partial charge on any atom is 0.261 e. The first kappa shape index (κ1) is 17.6. The van der Waals surface area contributed by atoms with Crippen LogP contribution in [0, 0.1) is 5.92 Å². The highest BCUT2D eigenvalue weighted by Crippen LogP contribution is 2.34. The summed E-state index contributed by atoms with van der Waals surface area (Å²) < 4.78 is 32.9. The van der Waals surface area contributed by atoms with Gasteiger partial charge < -0.3 is 10.1 Å². The molecule has 1 amide bonds. The lowest BCUT2D eigenvalue weighted by atomic mass is 10.2. The van der Waals surface area contributed by atoms with Crippen LogP contribution in [-0.4, -0.2) is 27.2 Å². The topological polar surface area (TPSA) is 84.5 Å². The highest BCUT2D eigenvalue weighted by Gasteiger charge is 2.23. The van der Waals surface area contributed by atoms with Crippen LogP contribution in [0.3, 0.4) is 0 Å². The second kappa shape index (κ2) is 6.97. The van der Waals surface area contributed by atoms with E-state index in [1.54, 1.807) is 30.3 Å². The Morgan fingerprint density at radius 1 is 1.24 bits per heavy atom. The Bertz CT molecular complexity index is 913. The van der Waals surface area contributed by atoms with Crippen molar-refractivity contribution in [3.63, 3.8) is 0 Å². The van der Waals surface area contributed by atoms with Gasteiger partial charge in [0.25, 0.3) is 10.0 Å². The van der Waals surface area contributed by atoms with Crippen molar-refractivity contribution in [2.75, 3.05) is 22.9 Å². The number of benzene rings is 2. The van der Waals surface area contributed by atoms with E-state index >= 15 is 0 Å². The third kappa shape index (κ3) is 3.91. The number of methoxy groups -OCH3 is 1. The van der Waals surface area contributed by atoms with Gasteiger partial charge in [-0.15, -0.1) is 11.8 Å². The lowest BCUT2D eigenvalue weighted by molar-refractivity contribution is -0.118. The molecule has 6 nitrogen and oxygen atoms in total. The van der Waals surface area contributed by atoms with Crippen molar-refractivity contribution in [1.29, 1.82) is 0 Å². The first-order valence-corrected chi connectivity index (χ1v) is 10.1. The second-order valence-electron chi connectivity index (χ2n) is 5.70. The molecule has 0 aliphatic carbocycles. The van der Waals surface area contributed by atoms with Gasteiger partial charge in [0.15, 0.2) is 0 Å². The molecule has 0 fully saturated rings. The number of anilines is 2. The SMILES string of the molecule is COc1cccc(NS(=O)(=O)c2ccc3c(c2)NC(=O)C(C)CS3)c1. The Morgan fingerprint density at radius 3 is 2.80 bits per heavy atom. The molecule has 1 aliphatic rings. The monoisotopic (exact) mass is 378 g/mol.